The van der Waals surface area contributed by atoms with Gasteiger partial charge < -0.3 is 10.3 Å². The van der Waals surface area contributed by atoms with Crippen LogP contribution in [0.25, 0.3) is 22.2 Å². The Morgan fingerprint density at radius 3 is 2.72 bits per heavy atom. The highest BCUT2D eigenvalue weighted by molar-refractivity contribution is 7.15. The number of anilines is 1. The normalized spacial score (nSPS) is 10.7. The van der Waals surface area contributed by atoms with E-state index in [1.807, 2.05) is 43.3 Å². The molecule has 0 atom stereocenters. The van der Waals surface area contributed by atoms with Crippen molar-refractivity contribution in [1.82, 2.24) is 10.1 Å². The molecule has 0 amide bonds. The summed E-state index contributed by atoms with van der Waals surface area (Å²) >= 11 is 1.64. The van der Waals surface area contributed by atoms with Gasteiger partial charge in [-0.15, -0.1) is 11.3 Å². The SMILES string of the molecule is Cc1ccc(-c2noc(-c3ccccc3N)n2)s1. The van der Waals surface area contributed by atoms with Gasteiger partial charge in [-0.1, -0.05) is 17.3 Å². The minimum Gasteiger partial charge on any atom is -0.398 e. The van der Waals surface area contributed by atoms with Crippen LogP contribution in [0.2, 0.25) is 0 Å². The highest BCUT2D eigenvalue weighted by Crippen LogP contribution is 2.29. The summed E-state index contributed by atoms with van der Waals surface area (Å²) in [5.74, 6) is 1.06. The molecular weight excluding hydrogens is 246 g/mol. The fourth-order valence-corrected chi connectivity index (χ4v) is 2.47. The molecule has 0 aliphatic rings. The van der Waals surface area contributed by atoms with E-state index in [1.165, 1.54) is 4.88 Å². The van der Waals surface area contributed by atoms with Crippen LogP contribution in [-0.4, -0.2) is 10.1 Å². The third-order valence-corrected chi connectivity index (χ3v) is 3.57. The van der Waals surface area contributed by atoms with Crippen LogP contribution >= 0.6 is 11.3 Å². The highest BCUT2D eigenvalue weighted by atomic mass is 32.1. The number of aryl methyl sites for hydroxylation is 1. The Morgan fingerprint density at radius 2 is 2.00 bits per heavy atom. The van der Waals surface area contributed by atoms with E-state index in [9.17, 15) is 0 Å². The van der Waals surface area contributed by atoms with Crippen LogP contribution in [0.1, 0.15) is 4.88 Å². The molecule has 3 rings (SSSR count). The molecule has 0 fully saturated rings. The predicted molar refractivity (Wildman–Crippen MR) is 72.2 cm³/mol. The number of thiophene rings is 1. The Kier molecular flexibility index (Phi) is 2.60. The van der Waals surface area contributed by atoms with Gasteiger partial charge in [-0.2, -0.15) is 4.98 Å². The Hall–Kier alpha value is -2.14. The van der Waals surface area contributed by atoms with Crippen molar-refractivity contribution in [2.75, 3.05) is 5.73 Å². The van der Waals surface area contributed by atoms with E-state index in [-0.39, 0.29) is 0 Å². The molecule has 18 heavy (non-hydrogen) atoms. The molecule has 0 aliphatic heterocycles. The number of nitrogen functional groups attached to an aromatic ring is 1. The van der Waals surface area contributed by atoms with Crippen LogP contribution in [0, 0.1) is 6.92 Å². The van der Waals surface area contributed by atoms with E-state index in [0.29, 0.717) is 17.4 Å². The Bertz CT molecular complexity index is 687. The second kappa shape index (κ2) is 4.27. The average Bonchev–Trinajstić information content (AvgIpc) is 2.98. The van der Waals surface area contributed by atoms with Gasteiger partial charge in [0.1, 0.15) is 0 Å². The maximum absolute atomic E-state index is 5.88. The molecule has 4 nitrogen and oxygen atoms in total. The van der Waals surface area contributed by atoms with Crippen molar-refractivity contribution in [2.24, 2.45) is 0 Å². The molecule has 2 aromatic heterocycles. The molecule has 0 spiro atoms. The van der Waals surface area contributed by atoms with Gasteiger partial charge in [0.25, 0.3) is 5.89 Å². The maximum atomic E-state index is 5.88. The molecule has 2 N–H and O–H groups in total. The molecule has 0 unspecified atom stereocenters. The van der Waals surface area contributed by atoms with E-state index in [4.69, 9.17) is 10.3 Å². The van der Waals surface area contributed by atoms with Crippen molar-refractivity contribution < 1.29 is 4.52 Å². The fourth-order valence-electron chi connectivity index (χ4n) is 1.68. The summed E-state index contributed by atoms with van der Waals surface area (Å²) in [6, 6.07) is 11.5. The summed E-state index contributed by atoms with van der Waals surface area (Å²) < 4.78 is 5.26. The van der Waals surface area contributed by atoms with Gasteiger partial charge in [-0.25, -0.2) is 0 Å². The first-order valence-electron chi connectivity index (χ1n) is 5.49. The summed E-state index contributed by atoms with van der Waals surface area (Å²) in [4.78, 5) is 6.59. The van der Waals surface area contributed by atoms with Crippen molar-refractivity contribution in [3.63, 3.8) is 0 Å². The first-order valence-corrected chi connectivity index (χ1v) is 6.31. The smallest absolute Gasteiger partial charge is 0.260 e. The van der Waals surface area contributed by atoms with E-state index in [2.05, 4.69) is 10.1 Å². The number of nitrogens with zero attached hydrogens (tertiary/aromatic N) is 2. The van der Waals surface area contributed by atoms with Crippen LogP contribution in [0.15, 0.2) is 40.9 Å². The zero-order valence-electron chi connectivity index (χ0n) is 9.75. The third kappa shape index (κ3) is 1.89. The largest absolute Gasteiger partial charge is 0.398 e. The Morgan fingerprint density at radius 1 is 1.17 bits per heavy atom. The summed E-state index contributed by atoms with van der Waals surface area (Å²) in [5.41, 5.74) is 7.28. The van der Waals surface area contributed by atoms with Gasteiger partial charge in [0.05, 0.1) is 10.4 Å². The van der Waals surface area contributed by atoms with Gasteiger partial charge in [-0.3, -0.25) is 0 Å². The molecule has 0 radical (unpaired) electrons. The molecule has 2 heterocycles. The zero-order valence-corrected chi connectivity index (χ0v) is 10.6. The van der Waals surface area contributed by atoms with Gasteiger partial charge in [0, 0.05) is 10.6 Å². The average molecular weight is 257 g/mol. The predicted octanol–water partition coefficient (Wildman–Crippen LogP) is 3.36. The molecule has 0 aliphatic carbocycles. The molecule has 0 saturated carbocycles. The quantitative estimate of drug-likeness (QED) is 0.715. The Balaban J connectivity index is 2.02. The molecule has 0 bridgehead atoms. The molecule has 5 heteroatoms. The van der Waals surface area contributed by atoms with Crippen molar-refractivity contribution in [2.45, 2.75) is 6.92 Å². The Labute approximate surface area is 108 Å². The number of rotatable bonds is 2. The summed E-state index contributed by atoms with van der Waals surface area (Å²) in [7, 11) is 0. The fraction of sp³-hybridized carbons (Fsp3) is 0.0769. The highest BCUT2D eigenvalue weighted by Gasteiger charge is 2.13. The lowest BCUT2D eigenvalue weighted by Gasteiger charge is -1.97. The second-order valence-corrected chi connectivity index (χ2v) is 5.21. The van der Waals surface area contributed by atoms with Crippen molar-refractivity contribution in [3.05, 3.63) is 41.3 Å². The van der Waals surface area contributed by atoms with Crippen LogP contribution in [0.3, 0.4) is 0 Å². The molecule has 1 aromatic carbocycles. The number of nitrogens with two attached hydrogens (primary N) is 1. The zero-order chi connectivity index (χ0) is 12.5. The minimum atomic E-state index is 0.453. The number of benzene rings is 1. The second-order valence-electron chi connectivity index (χ2n) is 3.92. The monoisotopic (exact) mass is 257 g/mol. The first kappa shape index (κ1) is 11.0. The lowest BCUT2D eigenvalue weighted by Crippen LogP contribution is -1.88. The lowest BCUT2D eigenvalue weighted by atomic mass is 10.2. The van der Waals surface area contributed by atoms with Crippen LogP contribution < -0.4 is 5.73 Å². The standard InChI is InChI=1S/C13H11N3OS/c1-8-6-7-11(18-8)12-15-13(17-16-12)9-4-2-3-5-10(9)14/h2-7H,14H2,1H3. The molecule has 0 saturated heterocycles. The number of hydrogen-bond acceptors (Lipinski definition) is 5. The van der Waals surface area contributed by atoms with E-state index in [0.717, 1.165) is 10.4 Å². The van der Waals surface area contributed by atoms with E-state index >= 15 is 0 Å². The van der Waals surface area contributed by atoms with E-state index in [1.54, 1.807) is 11.3 Å². The topological polar surface area (TPSA) is 64.9 Å². The number of aromatic nitrogens is 2. The van der Waals surface area contributed by atoms with Crippen molar-refractivity contribution >= 4 is 17.0 Å². The molecular formula is C13H11N3OS. The maximum Gasteiger partial charge on any atom is 0.260 e. The summed E-state index contributed by atoms with van der Waals surface area (Å²) in [6.45, 7) is 2.05. The van der Waals surface area contributed by atoms with Crippen molar-refractivity contribution in [3.8, 4) is 22.2 Å². The van der Waals surface area contributed by atoms with E-state index < -0.39 is 0 Å². The van der Waals surface area contributed by atoms with Gasteiger partial charge in [0.15, 0.2) is 0 Å². The lowest BCUT2D eigenvalue weighted by molar-refractivity contribution is 0.432. The molecule has 90 valence electrons. The van der Waals surface area contributed by atoms with Crippen LogP contribution in [0.5, 0.6) is 0 Å². The molecule has 3 aromatic rings. The van der Waals surface area contributed by atoms with Crippen LogP contribution in [-0.2, 0) is 0 Å². The van der Waals surface area contributed by atoms with Crippen molar-refractivity contribution in [1.29, 1.82) is 0 Å². The van der Waals surface area contributed by atoms with Gasteiger partial charge in [0.2, 0.25) is 5.82 Å². The van der Waals surface area contributed by atoms with Gasteiger partial charge in [-0.05, 0) is 31.2 Å². The van der Waals surface area contributed by atoms with Crippen LogP contribution in [0.4, 0.5) is 5.69 Å². The minimum absolute atomic E-state index is 0.453. The summed E-state index contributed by atoms with van der Waals surface area (Å²) in [5, 5.41) is 3.99. The number of para-hydroxylation sites is 1. The third-order valence-electron chi connectivity index (χ3n) is 2.58. The summed E-state index contributed by atoms with van der Waals surface area (Å²) in [6.07, 6.45) is 0. The first-order chi connectivity index (χ1) is 8.74. The van der Waals surface area contributed by atoms with Gasteiger partial charge >= 0.3 is 0 Å². The number of hydrogen-bond donors (Lipinski definition) is 1.